The molecule has 27 heavy (non-hydrogen) atoms. The number of ketones is 2. The minimum atomic E-state index is -0.318. The van der Waals surface area contributed by atoms with E-state index in [1.54, 1.807) is 42.5 Å². The zero-order chi connectivity index (χ0) is 19.0. The van der Waals surface area contributed by atoms with Crippen molar-refractivity contribution in [1.29, 1.82) is 0 Å². The second kappa shape index (κ2) is 6.93. The molecule has 0 fully saturated rings. The van der Waals surface area contributed by atoms with E-state index >= 15 is 0 Å². The molecule has 0 atom stereocenters. The molecule has 3 N–H and O–H groups in total. The number of aromatic nitrogens is 2. The predicted molar refractivity (Wildman–Crippen MR) is 103 cm³/mol. The molecular weight excluding hydrogens is 384 g/mol. The molecule has 0 aliphatic heterocycles. The Hall–Kier alpha value is -3.04. The lowest BCUT2D eigenvalue weighted by Gasteiger charge is -2.20. The van der Waals surface area contributed by atoms with Gasteiger partial charge in [-0.15, -0.1) is 10.2 Å². The minimum absolute atomic E-state index is 0.0804. The van der Waals surface area contributed by atoms with Crippen molar-refractivity contribution in [3.63, 3.8) is 0 Å². The van der Waals surface area contributed by atoms with Gasteiger partial charge in [-0.2, -0.15) is 0 Å². The number of carbonyl (C=O) groups is 3. The normalized spacial score (nSPS) is 12.4. The smallest absolute Gasteiger partial charge is 0.234 e. The standard InChI is InChI=1S/C18H12N4O3S2/c19-17-21-22-18(27-17)26-8-13(23)20-12-7-3-6-11-14(12)16(25)10-5-2-1-4-9(10)15(11)24/h1-7H,8H2,(H2,19,21)(H,20,23). The SMILES string of the molecule is Nc1nnc(SCC(=O)Nc2cccc3c2C(=O)c2ccccc2C3=O)s1. The van der Waals surface area contributed by atoms with Gasteiger partial charge in [0.2, 0.25) is 11.0 Å². The lowest BCUT2D eigenvalue weighted by atomic mass is 9.83. The molecule has 1 aliphatic rings. The van der Waals surface area contributed by atoms with Crippen LogP contribution >= 0.6 is 23.1 Å². The molecule has 0 saturated carbocycles. The number of fused-ring (bicyclic) bond motifs is 2. The van der Waals surface area contributed by atoms with Gasteiger partial charge in [0.25, 0.3) is 0 Å². The van der Waals surface area contributed by atoms with Crippen LogP contribution in [-0.2, 0) is 4.79 Å². The molecule has 1 heterocycles. The maximum Gasteiger partial charge on any atom is 0.234 e. The number of hydrogen-bond acceptors (Lipinski definition) is 8. The van der Waals surface area contributed by atoms with E-state index in [1.807, 2.05) is 0 Å². The summed E-state index contributed by atoms with van der Waals surface area (Å²) in [5.74, 6) is -0.742. The quantitative estimate of drug-likeness (QED) is 0.510. The van der Waals surface area contributed by atoms with Gasteiger partial charge in [0.1, 0.15) is 0 Å². The van der Waals surface area contributed by atoms with E-state index in [0.717, 1.165) is 0 Å². The molecule has 0 saturated heterocycles. The first-order valence-corrected chi connectivity index (χ1v) is 9.68. The fourth-order valence-electron chi connectivity index (χ4n) is 2.84. The fraction of sp³-hybridized carbons (Fsp3) is 0.0556. The van der Waals surface area contributed by atoms with Gasteiger partial charge in [-0.05, 0) is 6.07 Å². The summed E-state index contributed by atoms with van der Waals surface area (Å²) >= 11 is 2.39. The highest BCUT2D eigenvalue weighted by Crippen LogP contribution is 2.32. The maximum absolute atomic E-state index is 12.9. The molecule has 0 spiro atoms. The summed E-state index contributed by atoms with van der Waals surface area (Å²) < 4.78 is 0.581. The van der Waals surface area contributed by atoms with Gasteiger partial charge in [0, 0.05) is 16.7 Å². The summed E-state index contributed by atoms with van der Waals surface area (Å²) in [6.07, 6.45) is 0. The fourth-order valence-corrected chi connectivity index (χ4v) is 4.28. The van der Waals surface area contributed by atoms with E-state index < -0.39 is 0 Å². The number of nitrogens with two attached hydrogens (primary N) is 1. The van der Waals surface area contributed by atoms with Crippen molar-refractivity contribution in [2.75, 3.05) is 16.8 Å². The molecule has 2 aromatic carbocycles. The number of hydrogen-bond donors (Lipinski definition) is 2. The monoisotopic (exact) mass is 396 g/mol. The van der Waals surface area contributed by atoms with Crippen molar-refractivity contribution < 1.29 is 14.4 Å². The van der Waals surface area contributed by atoms with E-state index in [2.05, 4.69) is 15.5 Å². The van der Waals surface area contributed by atoms with Gasteiger partial charge in [-0.3, -0.25) is 14.4 Å². The molecule has 7 nitrogen and oxygen atoms in total. The van der Waals surface area contributed by atoms with E-state index in [4.69, 9.17) is 5.73 Å². The Morgan fingerprint density at radius 2 is 1.70 bits per heavy atom. The summed E-state index contributed by atoms with van der Waals surface area (Å²) in [6.45, 7) is 0. The predicted octanol–water partition coefficient (Wildman–Crippen LogP) is 2.63. The highest BCUT2D eigenvalue weighted by Gasteiger charge is 2.31. The largest absolute Gasteiger partial charge is 0.374 e. The van der Waals surface area contributed by atoms with Crippen LogP contribution in [0.1, 0.15) is 31.8 Å². The lowest BCUT2D eigenvalue weighted by molar-refractivity contribution is -0.113. The molecule has 9 heteroatoms. The van der Waals surface area contributed by atoms with Gasteiger partial charge in [-0.25, -0.2) is 0 Å². The maximum atomic E-state index is 12.9. The van der Waals surface area contributed by atoms with Crippen molar-refractivity contribution in [1.82, 2.24) is 10.2 Å². The van der Waals surface area contributed by atoms with Crippen molar-refractivity contribution in [3.05, 3.63) is 64.7 Å². The first-order chi connectivity index (χ1) is 13.0. The van der Waals surface area contributed by atoms with Crippen LogP contribution in [0.5, 0.6) is 0 Å². The molecule has 0 bridgehead atoms. The van der Waals surface area contributed by atoms with Gasteiger partial charge < -0.3 is 11.1 Å². The number of nitrogens with zero attached hydrogens (tertiary/aromatic N) is 2. The van der Waals surface area contributed by atoms with Crippen LogP contribution in [0.25, 0.3) is 0 Å². The Labute approximate surface area is 162 Å². The molecule has 0 unspecified atom stereocenters. The topological polar surface area (TPSA) is 115 Å². The highest BCUT2D eigenvalue weighted by molar-refractivity contribution is 8.01. The number of amides is 1. The first kappa shape index (κ1) is 17.4. The summed E-state index contributed by atoms with van der Waals surface area (Å²) in [5.41, 5.74) is 7.07. The molecule has 1 aliphatic carbocycles. The molecule has 1 amide bonds. The Balaban J connectivity index is 1.59. The number of nitrogens with one attached hydrogen (secondary N) is 1. The van der Waals surface area contributed by atoms with E-state index in [0.29, 0.717) is 31.8 Å². The summed E-state index contributed by atoms with van der Waals surface area (Å²) in [5, 5.41) is 10.6. The summed E-state index contributed by atoms with van der Waals surface area (Å²) in [4.78, 5) is 37.9. The summed E-state index contributed by atoms with van der Waals surface area (Å²) in [6, 6.07) is 11.5. The highest BCUT2D eigenvalue weighted by atomic mass is 32.2. The Morgan fingerprint density at radius 3 is 2.41 bits per heavy atom. The molecule has 0 radical (unpaired) electrons. The van der Waals surface area contributed by atoms with Crippen LogP contribution in [0.2, 0.25) is 0 Å². The van der Waals surface area contributed by atoms with Gasteiger partial charge >= 0.3 is 0 Å². The van der Waals surface area contributed by atoms with E-state index in [9.17, 15) is 14.4 Å². The van der Waals surface area contributed by atoms with Crippen LogP contribution in [0, 0.1) is 0 Å². The molecule has 1 aromatic heterocycles. The Kier molecular flexibility index (Phi) is 4.46. The van der Waals surface area contributed by atoms with Crippen molar-refractivity contribution in [2.45, 2.75) is 4.34 Å². The van der Waals surface area contributed by atoms with E-state index in [1.165, 1.54) is 23.1 Å². The van der Waals surface area contributed by atoms with Crippen molar-refractivity contribution in [2.24, 2.45) is 0 Å². The molecule has 4 rings (SSSR count). The van der Waals surface area contributed by atoms with Gasteiger partial charge in [-0.1, -0.05) is 59.5 Å². The average molecular weight is 396 g/mol. The zero-order valence-corrected chi connectivity index (χ0v) is 15.4. The van der Waals surface area contributed by atoms with Crippen LogP contribution in [0.3, 0.4) is 0 Å². The second-order valence-electron chi connectivity index (χ2n) is 5.68. The van der Waals surface area contributed by atoms with E-state index in [-0.39, 0.29) is 28.8 Å². The average Bonchev–Trinajstić information content (AvgIpc) is 3.10. The first-order valence-electron chi connectivity index (χ1n) is 7.87. The number of anilines is 2. The third kappa shape index (κ3) is 3.22. The van der Waals surface area contributed by atoms with Crippen LogP contribution in [0.4, 0.5) is 10.8 Å². The van der Waals surface area contributed by atoms with Crippen molar-refractivity contribution in [3.8, 4) is 0 Å². The van der Waals surface area contributed by atoms with Crippen LogP contribution in [0.15, 0.2) is 46.8 Å². The number of nitrogen functional groups attached to an aromatic ring is 1. The Morgan fingerprint density at radius 1 is 1.00 bits per heavy atom. The number of rotatable bonds is 4. The molecular formula is C18H12N4O3S2. The number of carbonyl (C=O) groups excluding carboxylic acids is 3. The third-order valence-electron chi connectivity index (χ3n) is 3.98. The van der Waals surface area contributed by atoms with Gasteiger partial charge in [0.05, 0.1) is 17.0 Å². The second-order valence-corrected chi connectivity index (χ2v) is 7.91. The van der Waals surface area contributed by atoms with Crippen LogP contribution < -0.4 is 11.1 Å². The van der Waals surface area contributed by atoms with Crippen LogP contribution in [-0.4, -0.2) is 33.4 Å². The lowest BCUT2D eigenvalue weighted by Crippen LogP contribution is -2.24. The molecule has 134 valence electrons. The van der Waals surface area contributed by atoms with Crippen molar-refractivity contribution >= 4 is 51.4 Å². The van der Waals surface area contributed by atoms with Gasteiger partial charge in [0.15, 0.2) is 15.9 Å². The number of benzene rings is 2. The minimum Gasteiger partial charge on any atom is -0.374 e. The zero-order valence-electron chi connectivity index (χ0n) is 13.8. The third-order valence-corrected chi connectivity index (χ3v) is 5.86. The molecule has 3 aromatic rings. The summed E-state index contributed by atoms with van der Waals surface area (Å²) in [7, 11) is 0. The number of thioether (sulfide) groups is 1. The Bertz CT molecular complexity index is 1090.